The zero-order chi connectivity index (χ0) is 16.2. The molecule has 0 unspecified atom stereocenters. The van der Waals surface area contributed by atoms with Gasteiger partial charge in [0.25, 0.3) is 0 Å². The Labute approximate surface area is 129 Å². The monoisotopic (exact) mass is 314 g/mol. The van der Waals surface area contributed by atoms with E-state index in [0.29, 0.717) is 12.1 Å². The van der Waals surface area contributed by atoms with E-state index in [1.807, 2.05) is 0 Å². The lowest BCUT2D eigenvalue weighted by molar-refractivity contribution is 0.103. The Morgan fingerprint density at radius 2 is 2.13 bits per heavy atom. The average molecular weight is 314 g/mol. The van der Waals surface area contributed by atoms with Crippen LogP contribution in [0.3, 0.4) is 0 Å². The van der Waals surface area contributed by atoms with Gasteiger partial charge in [0.05, 0.1) is 18.3 Å². The molecule has 0 saturated heterocycles. The van der Waals surface area contributed by atoms with Crippen molar-refractivity contribution in [1.82, 2.24) is 30.4 Å². The number of aliphatic hydroxyl groups excluding tert-OH is 1. The van der Waals surface area contributed by atoms with Crippen molar-refractivity contribution in [1.29, 1.82) is 0 Å². The Bertz CT molecular complexity index is 839. The first-order valence-electron chi connectivity index (χ1n) is 6.57. The van der Waals surface area contributed by atoms with Crippen LogP contribution in [0.15, 0.2) is 42.7 Å². The number of halogens is 1. The molecule has 0 saturated carbocycles. The molecule has 23 heavy (non-hydrogen) atoms. The summed E-state index contributed by atoms with van der Waals surface area (Å²) < 4.78 is 14.4. The molecule has 0 aliphatic carbocycles. The zero-order valence-corrected chi connectivity index (χ0v) is 11.7. The molecule has 0 amide bonds. The predicted molar refractivity (Wildman–Crippen MR) is 76.8 cm³/mol. The van der Waals surface area contributed by atoms with Crippen LogP contribution < -0.4 is 0 Å². The molecule has 8 nitrogen and oxygen atoms in total. The molecule has 0 aliphatic heterocycles. The summed E-state index contributed by atoms with van der Waals surface area (Å²) >= 11 is 0. The van der Waals surface area contributed by atoms with Gasteiger partial charge in [-0.3, -0.25) is 9.48 Å². The van der Waals surface area contributed by atoms with Crippen molar-refractivity contribution in [2.75, 3.05) is 0 Å². The third kappa shape index (κ3) is 3.46. The van der Waals surface area contributed by atoms with E-state index in [0.717, 1.165) is 11.6 Å². The second kappa shape index (κ2) is 6.18. The van der Waals surface area contributed by atoms with Crippen LogP contribution in [-0.4, -0.2) is 41.3 Å². The number of carbonyl (C=O) groups excluding carboxylic acids is 1. The lowest BCUT2D eigenvalue weighted by Crippen LogP contribution is -2.00. The van der Waals surface area contributed by atoms with Crippen LogP contribution in [0.4, 0.5) is 4.39 Å². The number of aliphatic hydroxyl groups is 1. The Morgan fingerprint density at radius 1 is 1.35 bits per heavy atom. The first-order valence-corrected chi connectivity index (χ1v) is 6.57. The van der Waals surface area contributed by atoms with Gasteiger partial charge in [-0.1, -0.05) is 12.1 Å². The molecule has 2 N–H and O–H groups in total. The van der Waals surface area contributed by atoms with Crippen molar-refractivity contribution >= 4 is 11.5 Å². The number of aromatic nitrogens is 6. The lowest BCUT2D eigenvalue weighted by Gasteiger charge is -2.01. The number of H-pyrrole nitrogens is 1. The number of rotatable bonds is 5. The Hall–Kier alpha value is -3.36. The Balaban J connectivity index is 1.73. The van der Waals surface area contributed by atoms with Gasteiger partial charge >= 0.3 is 0 Å². The number of nitrogens with one attached hydrogen (secondary N) is 1. The molecule has 3 rings (SSSR count). The smallest absolute Gasteiger partial charge is 0.244 e. The Kier molecular flexibility index (Phi) is 3.91. The highest BCUT2D eigenvalue weighted by Gasteiger charge is 2.11. The molecule has 2 heterocycles. The maximum absolute atomic E-state index is 12.9. The molecule has 0 spiro atoms. The number of benzene rings is 1. The Morgan fingerprint density at radius 3 is 2.83 bits per heavy atom. The summed E-state index contributed by atoms with van der Waals surface area (Å²) in [7, 11) is 0. The standard InChI is InChI=1S/C14H11FN6O2/c15-11-3-1-9(2-4-11)7-21-8-10(6-16-21)12(22)5-13(23)14-17-19-20-18-14/h1-6,8,22H,7H2,(H,17,18,19,20). The zero-order valence-electron chi connectivity index (χ0n) is 11.7. The molecule has 116 valence electrons. The highest BCUT2D eigenvalue weighted by molar-refractivity contribution is 6.05. The van der Waals surface area contributed by atoms with E-state index >= 15 is 0 Å². The van der Waals surface area contributed by atoms with Crippen molar-refractivity contribution < 1.29 is 14.3 Å². The van der Waals surface area contributed by atoms with Crippen LogP contribution in [0.1, 0.15) is 21.7 Å². The van der Waals surface area contributed by atoms with E-state index in [-0.39, 0.29) is 17.4 Å². The van der Waals surface area contributed by atoms with E-state index in [4.69, 9.17) is 0 Å². The van der Waals surface area contributed by atoms with E-state index < -0.39 is 5.78 Å². The van der Waals surface area contributed by atoms with Crippen molar-refractivity contribution in [3.05, 3.63) is 65.5 Å². The molecule has 1 aromatic carbocycles. The van der Waals surface area contributed by atoms with Crippen LogP contribution in [0.25, 0.3) is 5.76 Å². The van der Waals surface area contributed by atoms with Crippen molar-refractivity contribution in [2.45, 2.75) is 6.54 Å². The summed E-state index contributed by atoms with van der Waals surface area (Å²) in [5, 5.41) is 26.5. The number of aromatic amines is 1. The van der Waals surface area contributed by atoms with Crippen LogP contribution in [0, 0.1) is 5.82 Å². The average Bonchev–Trinajstić information content (AvgIpc) is 3.21. The van der Waals surface area contributed by atoms with Gasteiger partial charge in [-0.2, -0.15) is 10.3 Å². The first-order chi connectivity index (χ1) is 11.1. The minimum atomic E-state index is -0.581. The van der Waals surface area contributed by atoms with Gasteiger partial charge in [0, 0.05) is 12.3 Å². The van der Waals surface area contributed by atoms with E-state index in [9.17, 15) is 14.3 Å². The van der Waals surface area contributed by atoms with Crippen molar-refractivity contribution in [2.24, 2.45) is 0 Å². The fraction of sp³-hybridized carbons (Fsp3) is 0.0714. The number of ketones is 1. The molecule has 3 aromatic rings. The number of carbonyl (C=O) groups is 1. The number of allylic oxidation sites excluding steroid dienone is 1. The second-order valence-electron chi connectivity index (χ2n) is 4.68. The highest BCUT2D eigenvalue weighted by Crippen LogP contribution is 2.12. The number of nitrogens with zero attached hydrogens (tertiary/aromatic N) is 5. The molecule has 2 aromatic heterocycles. The van der Waals surface area contributed by atoms with E-state index in [1.54, 1.807) is 23.0 Å². The number of hydrogen-bond acceptors (Lipinski definition) is 6. The quantitative estimate of drug-likeness (QED) is 0.418. The summed E-state index contributed by atoms with van der Waals surface area (Å²) in [6.45, 7) is 0.409. The number of hydrogen-bond donors (Lipinski definition) is 2. The van der Waals surface area contributed by atoms with Gasteiger partial charge in [0.2, 0.25) is 11.6 Å². The van der Waals surface area contributed by atoms with Crippen LogP contribution in [0.2, 0.25) is 0 Å². The van der Waals surface area contributed by atoms with E-state index in [1.165, 1.54) is 18.3 Å². The molecular weight excluding hydrogens is 303 g/mol. The SMILES string of the molecule is O=C(C=C(O)c1cnn(Cc2ccc(F)cc2)c1)c1nn[nH]n1. The predicted octanol–water partition coefficient (Wildman–Crippen LogP) is 1.37. The second-order valence-corrected chi connectivity index (χ2v) is 4.68. The molecule has 0 atom stereocenters. The van der Waals surface area contributed by atoms with Gasteiger partial charge < -0.3 is 5.11 Å². The topological polar surface area (TPSA) is 110 Å². The molecule has 0 aliphatic rings. The third-order valence-corrected chi connectivity index (χ3v) is 3.02. The van der Waals surface area contributed by atoms with Crippen LogP contribution >= 0.6 is 0 Å². The highest BCUT2D eigenvalue weighted by atomic mass is 19.1. The van der Waals surface area contributed by atoms with Gasteiger partial charge in [0.1, 0.15) is 11.6 Å². The largest absolute Gasteiger partial charge is 0.507 e. The van der Waals surface area contributed by atoms with Crippen LogP contribution in [0.5, 0.6) is 0 Å². The summed E-state index contributed by atoms with van der Waals surface area (Å²) in [6, 6.07) is 6.01. The van der Waals surface area contributed by atoms with Crippen molar-refractivity contribution in [3.63, 3.8) is 0 Å². The summed E-state index contributed by atoms with van der Waals surface area (Å²) in [5.74, 6) is -1.29. The van der Waals surface area contributed by atoms with Gasteiger partial charge in [-0.05, 0) is 22.9 Å². The molecule has 0 radical (unpaired) electrons. The summed E-state index contributed by atoms with van der Waals surface area (Å²) in [4.78, 5) is 11.7. The van der Waals surface area contributed by atoms with Gasteiger partial charge in [-0.15, -0.1) is 10.2 Å². The lowest BCUT2D eigenvalue weighted by atomic mass is 10.2. The fourth-order valence-electron chi connectivity index (χ4n) is 1.90. The third-order valence-electron chi connectivity index (χ3n) is 3.02. The minimum absolute atomic E-state index is 0.143. The number of tetrazole rings is 1. The molecule has 0 bridgehead atoms. The first kappa shape index (κ1) is 14.6. The maximum Gasteiger partial charge on any atom is 0.244 e. The maximum atomic E-state index is 12.9. The summed E-state index contributed by atoms with van der Waals surface area (Å²) in [6.07, 6.45) is 3.97. The van der Waals surface area contributed by atoms with Crippen LogP contribution in [-0.2, 0) is 6.54 Å². The van der Waals surface area contributed by atoms with E-state index in [2.05, 4.69) is 25.7 Å². The molecule has 0 fully saturated rings. The minimum Gasteiger partial charge on any atom is -0.507 e. The van der Waals surface area contributed by atoms with Gasteiger partial charge in [0.15, 0.2) is 0 Å². The van der Waals surface area contributed by atoms with Gasteiger partial charge in [-0.25, -0.2) is 4.39 Å². The molecular formula is C14H11FN6O2. The normalized spacial score (nSPS) is 11.6. The fourth-order valence-corrected chi connectivity index (χ4v) is 1.90. The van der Waals surface area contributed by atoms with Crippen molar-refractivity contribution in [3.8, 4) is 0 Å². The summed E-state index contributed by atoms with van der Waals surface area (Å²) in [5.41, 5.74) is 1.22. The molecule has 9 heteroatoms.